The molecule has 2 amide bonds. The summed E-state index contributed by atoms with van der Waals surface area (Å²) in [6.45, 7) is 2.08. The zero-order chi connectivity index (χ0) is 25.2. The third-order valence-corrected chi connectivity index (χ3v) is 6.08. The van der Waals surface area contributed by atoms with Gasteiger partial charge < -0.3 is 15.0 Å². The molecule has 0 fully saturated rings. The molecule has 0 heterocycles. The molecule has 0 saturated heterocycles. The van der Waals surface area contributed by atoms with E-state index in [1.165, 1.54) is 23.1 Å². The Balaban J connectivity index is 1.92. The summed E-state index contributed by atoms with van der Waals surface area (Å²) in [7, 11) is 0. The zero-order valence-corrected chi connectivity index (χ0v) is 20.9. The van der Waals surface area contributed by atoms with E-state index in [4.69, 9.17) is 27.9 Å². The highest BCUT2D eigenvalue weighted by Gasteiger charge is 2.30. The van der Waals surface area contributed by atoms with Gasteiger partial charge >= 0.3 is 0 Å². The van der Waals surface area contributed by atoms with Gasteiger partial charge in [0, 0.05) is 19.5 Å². The predicted molar refractivity (Wildman–Crippen MR) is 136 cm³/mol. The van der Waals surface area contributed by atoms with E-state index in [1.807, 2.05) is 37.3 Å². The number of ether oxygens (including phenoxy) is 1. The molecule has 1 N–H and O–H groups in total. The minimum atomic E-state index is -0.824. The van der Waals surface area contributed by atoms with E-state index < -0.39 is 24.4 Å². The number of para-hydroxylation sites is 1. The minimum Gasteiger partial charge on any atom is -0.481 e. The second-order valence-electron chi connectivity index (χ2n) is 7.99. The number of rotatable bonds is 11. The second-order valence-corrected chi connectivity index (χ2v) is 8.80. The van der Waals surface area contributed by atoms with Crippen molar-refractivity contribution >= 4 is 35.0 Å². The van der Waals surface area contributed by atoms with Crippen LogP contribution in [0.15, 0.2) is 72.8 Å². The molecule has 35 heavy (non-hydrogen) atoms. The average Bonchev–Trinajstić information content (AvgIpc) is 2.86. The number of hydrogen-bond acceptors (Lipinski definition) is 3. The van der Waals surface area contributed by atoms with Crippen LogP contribution in [-0.4, -0.2) is 35.9 Å². The third kappa shape index (κ3) is 7.70. The van der Waals surface area contributed by atoms with E-state index in [0.29, 0.717) is 28.6 Å². The Hall–Kier alpha value is -3.09. The molecule has 0 aromatic heterocycles. The van der Waals surface area contributed by atoms with Crippen molar-refractivity contribution < 1.29 is 18.7 Å². The monoisotopic (exact) mass is 516 g/mol. The van der Waals surface area contributed by atoms with Gasteiger partial charge in [0.1, 0.15) is 6.04 Å². The number of hydrogen-bond donors (Lipinski definition) is 1. The minimum absolute atomic E-state index is 0.0367. The molecular weight excluding hydrogens is 490 g/mol. The Morgan fingerprint density at radius 1 is 0.971 bits per heavy atom. The van der Waals surface area contributed by atoms with Crippen LogP contribution in [-0.2, 0) is 22.6 Å². The molecule has 0 spiro atoms. The maximum atomic E-state index is 14.0. The van der Waals surface area contributed by atoms with Crippen LogP contribution < -0.4 is 10.1 Å². The number of halogens is 3. The molecule has 0 aliphatic carbocycles. The standard InChI is InChI=1S/C27H27Cl2FN2O3/c1-2-14-31-27(34)24(16-19-8-4-3-5-9-19)32(17-20-12-13-21(28)22(29)15-20)26(33)18-35-25-11-7-6-10-23(25)30/h3-13,15,24H,2,14,16-18H2,1H3,(H,31,34)/t24-/m1/s1. The van der Waals surface area contributed by atoms with E-state index in [1.54, 1.807) is 24.3 Å². The van der Waals surface area contributed by atoms with Crippen LogP contribution in [0, 0.1) is 5.82 Å². The molecule has 0 bridgehead atoms. The Morgan fingerprint density at radius 3 is 2.37 bits per heavy atom. The lowest BCUT2D eigenvalue weighted by atomic mass is 10.0. The maximum Gasteiger partial charge on any atom is 0.261 e. The Kier molecular flexibility index (Phi) is 9.94. The highest BCUT2D eigenvalue weighted by atomic mass is 35.5. The summed E-state index contributed by atoms with van der Waals surface area (Å²) in [6.07, 6.45) is 1.05. The van der Waals surface area contributed by atoms with E-state index in [0.717, 1.165) is 12.0 Å². The van der Waals surface area contributed by atoms with Gasteiger partial charge in [-0.05, 0) is 41.8 Å². The molecule has 3 aromatic carbocycles. The fourth-order valence-electron chi connectivity index (χ4n) is 3.54. The van der Waals surface area contributed by atoms with Gasteiger partial charge in [-0.1, -0.05) is 78.7 Å². The van der Waals surface area contributed by atoms with Crippen LogP contribution in [0.4, 0.5) is 4.39 Å². The summed E-state index contributed by atoms with van der Waals surface area (Å²) in [6, 6.07) is 19.5. The molecule has 0 saturated carbocycles. The molecule has 8 heteroatoms. The van der Waals surface area contributed by atoms with Gasteiger partial charge in [0.05, 0.1) is 10.0 Å². The van der Waals surface area contributed by atoms with Crippen molar-refractivity contribution in [1.82, 2.24) is 10.2 Å². The number of carbonyl (C=O) groups is 2. The van der Waals surface area contributed by atoms with Crippen molar-refractivity contribution in [3.63, 3.8) is 0 Å². The van der Waals surface area contributed by atoms with Crippen molar-refractivity contribution in [3.05, 3.63) is 99.8 Å². The molecule has 1 atom stereocenters. The highest BCUT2D eigenvalue weighted by Crippen LogP contribution is 2.24. The number of nitrogens with zero attached hydrogens (tertiary/aromatic N) is 1. The quantitative estimate of drug-likeness (QED) is 0.356. The molecule has 3 aromatic rings. The van der Waals surface area contributed by atoms with Gasteiger partial charge in [-0.2, -0.15) is 0 Å². The molecule has 3 rings (SSSR count). The van der Waals surface area contributed by atoms with Gasteiger partial charge in [0.25, 0.3) is 5.91 Å². The van der Waals surface area contributed by atoms with E-state index in [2.05, 4.69) is 5.32 Å². The van der Waals surface area contributed by atoms with E-state index >= 15 is 0 Å². The normalized spacial score (nSPS) is 11.5. The first-order chi connectivity index (χ1) is 16.9. The summed E-state index contributed by atoms with van der Waals surface area (Å²) in [5.41, 5.74) is 1.59. The van der Waals surface area contributed by atoms with Crippen LogP contribution in [0.2, 0.25) is 10.0 Å². The fraction of sp³-hybridized carbons (Fsp3) is 0.259. The highest BCUT2D eigenvalue weighted by molar-refractivity contribution is 6.42. The van der Waals surface area contributed by atoms with Gasteiger partial charge in [-0.3, -0.25) is 9.59 Å². The third-order valence-electron chi connectivity index (χ3n) is 5.35. The van der Waals surface area contributed by atoms with E-state index in [-0.39, 0.29) is 18.2 Å². The van der Waals surface area contributed by atoms with Crippen molar-refractivity contribution in [2.24, 2.45) is 0 Å². The van der Waals surface area contributed by atoms with Crippen LogP contribution in [0.25, 0.3) is 0 Å². The van der Waals surface area contributed by atoms with Crippen molar-refractivity contribution in [2.75, 3.05) is 13.2 Å². The van der Waals surface area contributed by atoms with Gasteiger partial charge in [0.15, 0.2) is 18.2 Å². The predicted octanol–water partition coefficient (Wildman–Crippen LogP) is 5.68. The summed E-state index contributed by atoms with van der Waals surface area (Å²) in [5, 5.41) is 3.63. The summed E-state index contributed by atoms with van der Waals surface area (Å²) >= 11 is 12.3. The Labute approximate surface area is 214 Å². The number of benzene rings is 3. The lowest BCUT2D eigenvalue weighted by molar-refractivity contribution is -0.142. The van der Waals surface area contributed by atoms with Gasteiger partial charge in [-0.15, -0.1) is 0 Å². The molecule has 184 valence electrons. The fourth-order valence-corrected chi connectivity index (χ4v) is 3.86. The number of amides is 2. The lowest BCUT2D eigenvalue weighted by Gasteiger charge is -2.31. The lowest BCUT2D eigenvalue weighted by Crippen LogP contribution is -2.51. The Morgan fingerprint density at radius 2 is 1.69 bits per heavy atom. The smallest absolute Gasteiger partial charge is 0.261 e. The first-order valence-electron chi connectivity index (χ1n) is 11.3. The maximum absolute atomic E-state index is 14.0. The van der Waals surface area contributed by atoms with Crippen LogP contribution in [0.5, 0.6) is 5.75 Å². The van der Waals surface area contributed by atoms with Crippen LogP contribution in [0.1, 0.15) is 24.5 Å². The number of nitrogens with one attached hydrogen (secondary N) is 1. The molecule has 0 aliphatic heterocycles. The summed E-state index contributed by atoms with van der Waals surface area (Å²) < 4.78 is 19.5. The van der Waals surface area contributed by atoms with E-state index in [9.17, 15) is 14.0 Å². The molecule has 5 nitrogen and oxygen atoms in total. The molecule has 0 aliphatic rings. The topological polar surface area (TPSA) is 58.6 Å². The van der Waals surface area contributed by atoms with Crippen LogP contribution >= 0.6 is 23.2 Å². The zero-order valence-electron chi connectivity index (χ0n) is 19.3. The second kappa shape index (κ2) is 13.1. The summed E-state index contributed by atoms with van der Waals surface area (Å²) in [4.78, 5) is 28.1. The Bertz CT molecular complexity index is 1140. The summed E-state index contributed by atoms with van der Waals surface area (Å²) in [5.74, 6) is -1.36. The first-order valence-corrected chi connectivity index (χ1v) is 12.1. The molecular formula is C27H27Cl2FN2O3. The number of carbonyl (C=O) groups excluding carboxylic acids is 2. The van der Waals surface area contributed by atoms with Crippen molar-refractivity contribution in [1.29, 1.82) is 0 Å². The SMILES string of the molecule is CCCNC(=O)[C@@H](Cc1ccccc1)N(Cc1ccc(Cl)c(Cl)c1)C(=O)COc1ccccc1F. The molecule has 0 radical (unpaired) electrons. The van der Waals surface area contributed by atoms with Crippen molar-refractivity contribution in [2.45, 2.75) is 32.4 Å². The van der Waals surface area contributed by atoms with Crippen molar-refractivity contribution in [3.8, 4) is 5.75 Å². The largest absolute Gasteiger partial charge is 0.481 e. The molecule has 0 unspecified atom stereocenters. The van der Waals surface area contributed by atoms with Gasteiger partial charge in [0.2, 0.25) is 5.91 Å². The van der Waals surface area contributed by atoms with Gasteiger partial charge in [-0.25, -0.2) is 4.39 Å². The van der Waals surface area contributed by atoms with Crippen LogP contribution in [0.3, 0.4) is 0 Å². The first kappa shape index (κ1) is 26.5. The average molecular weight is 517 g/mol.